The zero-order valence-electron chi connectivity index (χ0n) is 4.87. The first-order chi connectivity index (χ1) is 4.63. The maximum absolute atomic E-state index is 12.4. The highest BCUT2D eigenvalue weighted by Gasteiger charge is 2.08. The van der Waals surface area contributed by atoms with Gasteiger partial charge in [0.2, 0.25) is 0 Å². The summed E-state index contributed by atoms with van der Waals surface area (Å²) in [7, 11) is 0. The van der Waals surface area contributed by atoms with Crippen molar-refractivity contribution in [3.8, 4) is 0 Å². The Morgan fingerprint density at radius 3 is 2.20 bits per heavy atom. The molecule has 0 amide bonds. The van der Waals surface area contributed by atoms with Gasteiger partial charge in [-0.3, -0.25) is 0 Å². The van der Waals surface area contributed by atoms with Gasteiger partial charge in [0.1, 0.15) is 5.82 Å². The van der Waals surface area contributed by atoms with Crippen molar-refractivity contribution >= 4 is 20.7 Å². The molecular formula is C6H4AlF3. The van der Waals surface area contributed by atoms with Crippen LogP contribution in [0.25, 0.3) is 0 Å². The lowest BCUT2D eigenvalue weighted by Crippen LogP contribution is -2.11. The van der Waals surface area contributed by atoms with E-state index in [2.05, 4.69) is 0 Å². The minimum absolute atomic E-state index is 0. The second-order valence-corrected chi connectivity index (χ2v) is 2.39. The predicted molar refractivity (Wildman–Crippen MR) is 33.8 cm³/mol. The van der Waals surface area contributed by atoms with Crippen molar-refractivity contribution in [3.05, 3.63) is 29.6 Å². The monoisotopic (exact) mass is 160 g/mol. The molecule has 0 atom stereocenters. The van der Waals surface area contributed by atoms with Crippen LogP contribution in [0, 0.1) is 17.5 Å². The summed E-state index contributed by atoms with van der Waals surface area (Å²) in [6.45, 7) is 0. The molecule has 1 rings (SSSR count). The highest BCUT2D eigenvalue weighted by atomic mass is 27.0. The topological polar surface area (TPSA) is 0 Å². The van der Waals surface area contributed by atoms with Gasteiger partial charge in [-0.2, -0.15) is 0 Å². The van der Waals surface area contributed by atoms with Crippen molar-refractivity contribution in [3.63, 3.8) is 0 Å². The number of halogens is 3. The molecule has 0 fully saturated rings. The Hall–Kier alpha value is -0.458. The summed E-state index contributed by atoms with van der Waals surface area (Å²) in [5.74, 6) is -3.73. The van der Waals surface area contributed by atoms with Crippen LogP contribution < -0.4 is 4.43 Å². The van der Waals surface area contributed by atoms with E-state index >= 15 is 0 Å². The fourth-order valence-electron chi connectivity index (χ4n) is 0.541. The molecule has 1 aromatic carbocycles. The zero-order valence-corrected chi connectivity index (χ0v) is 6.02. The van der Waals surface area contributed by atoms with Crippen LogP contribution in [-0.4, -0.2) is 16.3 Å². The molecule has 0 unspecified atom stereocenters. The van der Waals surface area contributed by atoms with E-state index in [0.29, 0.717) is 0 Å². The van der Waals surface area contributed by atoms with Gasteiger partial charge in [-0.25, -0.2) is 13.2 Å². The normalized spacial score (nSPS) is 9.90. The van der Waals surface area contributed by atoms with Gasteiger partial charge in [0.15, 0.2) is 27.9 Å². The minimum atomic E-state index is -1.42. The Bertz CT molecular complexity index is 237. The van der Waals surface area contributed by atoms with Crippen molar-refractivity contribution < 1.29 is 14.6 Å². The van der Waals surface area contributed by atoms with Crippen LogP contribution in [0.5, 0.6) is 0 Å². The van der Waals surface area contributed by atoms with E-state index in [1.807, 2.05) is 16.3 Å². The van der Waals surface area contributed by atoms with Crippen LogP contribution in [0.3, 0.4) is 0 Å². The quantitative estimate of drug-likeness (QED) is 0.394. The van der Waals surface area contributed by atoms with E-state index in [-0.39, 0.29) is 5.85 Å². The molecule has 0 nitrogen and oxygen atoms in total. The SMILES string of the molecule is Fc1cc[c]([Al])c(F)c1F.[HH]. The highest BCUT2D eigenvalue weighted by molar-refractivity contribution is 6.32. The van der Waals surface area contributed by atoms with E-state index < -0.39 is 17.5 Å². The molecule has 0 aliphatic heterocycles. The Kier molecular flexibility index (Phi) is 2.03. The van der Waals surface area contributed by atoms with Crippen molar-refractivity contribution in [2.75, 3.05) is 0 Å². The molecule has 4 heteroatoms. The van der Waals surface area contributed by atoms with Crippen LogP contribution in [0.4, 0.5) is 13.2 Å². The van der Waals surface area contributed by atoms with Crippen molar-refractivity contribution in [1.82, 2.24) is 0 Å². The summed E-state index contributed by atoms with van der Waals surface area (Å²) in [6.07, 6.45) is 0. The van der Waals surface area contributed by atoms with Gasteiger partial charge < -0.3 is 0 Å². The molecule has 0 aromatic heterocycles. The smallest absolute Gasteiger partial charge is 0.193 e. The molecular weight excluding hydrogens is 156 g/mol. The van der Waals surface area contributed by atoms with E-state index in [4.69, 9.17) is 0 Å². The van der Waals surface area contributed by atoms with Gasteiger partial charge in [0.25, 0.3) is 0 Å². The molecule has 0 bridgehead atoms. The van der Waals surface area contributed by atoms with Crippen LogP contribution in [-0.2, 0) is 0 Å². The second kappa shape index (κ2) is 2.65. The van der Waals surface area contributed by atoms with E-state index in [1.165, 1.54) is 0 Å². The summed E-state index contributed by atoms with van der Waals surface area (Å²) in [5.41, 5.74) is 0. The fourth-order valence-corrected chi connectivity index (χ4v) is 0.764. The van der Waals surface area contributed by atoms with Gasteiger partial charge in [0.05, 0.1) is 0 Å². The zero-order chi connectivity index (χ0) is 7.72. The molecule has 52 valence electrons. The van der Waals surface area contributed by atoms with Crippen molar-refractivity contribution in [1.29, 1.82) is 0 Å². The fraction of sp³-hybridized carbons (Fsp3) is 0. The maximum atomic E-state index is 12.4. The molecule has 0 spiro atoms. The third-order valence-electron chi connectivity index (χ3n) is 1.07. The number of hydrogen-bond acceptors (Lipinski definition) is 0. The molecule has 0 heterocycles. The summed E-state index contributed by atoms with van der Waals surface area (Å²) in [5, 5.41) is 0. The molecule has 10 heavy (non-hydrogen) atoms. The maximum Gasteiger partial charge on any atom is 0.193 e. The third kappa shape index (κ3) is 1.18. The van der Waals surface area contributed by atoms with Gasteiger partial charge >= 0.3 is 0 Å². The van der Waals surface area contributed by atoms with Crippen LogP contribution >= 0.6 is 0 Å². The van der Waals surface area contributed by atoms with Crippen LogP contribution in [0.1, 0.15) is 1.43 Å². The first-order valence-electron chi connectivity index (χ1n) is 2.52. The van der Waals surface area contributed by atoms with Gasteiger partial charge in [-0.05, 0) is 6.07 Å². The van der Waals surface area contributed by atoms with Crippen molar-refractivity contribution in [2.24, 2.45) is 0 Å². The Balaban J connectivity index is 0.000001000. The molecule has 0 saturated carbocycles. The molecule has 0 N–H and O–H groups in total. The van der Waals surface area contributed by atoms with Crippen molar-refractivity contribution in [2.45, 2.75) is 0 Å². The second-order valence-electron chi connectivity index (χ2n) is 1.76. The van der Waals surface area contributed by atoms with Gasteiger partial charge in [0, 0.05) is 1.43 Å². The van der Waals surface area contributed by atoms with E-state index in [0.717, 1.165) is 12.1 Å². The molecule has 1 aromatic rings. The van der Waals surface area contributed by atoms with Crippen LogP contribution in [0.2, 0.25) is 0 Å². The number of benzene rings is 1. The number of rotatable bonds is 0. The van der Waals surface area contributed by atoms with Gasteiger partial charge in [-0.15, -0.1) is 4.43 Å². The minimum Gasteiger partial charge on any atom is -0.205 e. The summed E-state index contributed by atoms with van der Waals surface area (Å²) in [4.78, 5) is 0. The van der Waals surface area contributed by atoms with Crippen LogP contribution in [0.15, 0.2) is 12.1 Å². The standard InChI is InChI=1S/C6H2F3.Al.H2/c7-4-2-1-3-5(8)6(4)9;;/h1-2H;;1H. The summed E-state index contributed by atoms with van der Waals surface area (Å²) >= 11 is 1.96. The summed E-state index contributed by atoms with van der Waals surface area (Å²) < 4.78 is 36.7. The first-order valence-corrected chi connectivity index (χ1v) is 3.09. The average molecular weight is 160 g/mol. The number of hydrogen-bond donors (Lipinski definition) is 0. The predicted octanol–water partition coefficient (Wildman–Crippen LogP) is 1.14. The molecule has 0 saturated heterocycles. The highest BCUT2D eigenvalue weighted by Crippen LogP contribution is 2.05. The third-order valence-corrected chi connectivity index (χ3v) is 1.51. The summed E-state index contributed by atoms with van der Waals surface area (Å²) in [6, 6.07) is 2.03. The molecule has 2 radical (unpaired) electrons. The average Bonchev–Trinajstić information content (AvgIpc) is 1.93. The lowest BCUT2D eigenvalue weighted by molar-refractivity contribution is 0.451. The Morgan fingerprint density at radius 1 is 1.10 bits per heavy atom. The Labute approximate surface area is 65.6 Å². The molecule has 0 aliphatic carbocycles. The first kappa shape index (κ1) is 7.65. The van der Waals surface area contributed by atoms with E-state index in [1.54, 1.807) is 0 Å². The largest absolute Gasteiger partial charge is 0.205 e. The molecule has 0 aliphatic rings. The lowest BCUT2D eigenvalue weighted by Gasteiger charge is -1.97. The van der Waals surface area contributed by atoms with E-state index in [9.17, 15) is 13.2 Å². The van der Waals surface area contributed by atoms with Gasteiger partial charge in [-0.1, -0.05) is 6.07 Å². The lowest BCUT2D eigenvalue weighted by atomic mass is 10.3. The Morgan fingerprint density at radius 2 is 1.70 bits per heavy atom.